The Morgan fingerprint density at radius 1 is 1.23 bits per heavy atom. The second-order valence-electron chi connectivity index (χ2n) is 5.94. The van der Waals surface area contributed by atoms with Crippen molar-refractivity contribution < 1.29 is 4.74 Å². The Morgan fingerprint density at radius 2 is 2.00 bits per heavy atom. The van der Waals surface area contributed by atoms with Crippen molar-refractivity contribution in [2.24, 2.45) is 11.3 Å². The molecule has 2 atom stereocenters. The number of ether oxygens (including phenoxy) is 1. The minimum absolute atomic E-state index is 0.317. The van der Waals surface area contributed by atoms with Crippen LogP contribution in [0.15, 0.2) is 0 Å². The first kappa shape index (κ1) is 9.51. The van der Waals surface area contributed by atoms with Gasteiger partial charge in [-0.3, -0.25) is 0 Å². The smallest absolute Gasteiger partial charge is 0.0686 e. The molecule has 0 radical (unpaired) electrons. The van der Waals surface area contributed by atoms with Gasteiger partial charge in [0.2, 0.25) is 0 Å². The van der Waals surface area contributed by atoms with Crippen molar-refractivity contribution in [1.82, 2.24) is 0 Å². The molecule has 1 aliphatic carbocycles. The van der Waals surface area contributed by atoms with E-state index in [-0.39, 0.29) is 0 Å². The van der Waals surface area contributed by atoms with Crippen molar-refractivity contribution in [3.05, 3.63) is 0 Å². The van der Waals surface area contributed by atoms with Crippen LogP contribution in [0.25, 0.3) is 0 Å². The van der Waals surface area contributed by atoms with E-state index in [0.717, 1.165) is 12.5 Å². The largest absolute Gasteiger partial charge is 0.375 e. The molecule has 0 N–H and O–H groups in total. The molecule has 1 heteroatoms. The van der Waals surface area contributed by atoms with Gasteiger partial charge < -0.3 is 4.74 Å². The van der Waals surface area contributed by atoms with E-state index in [1.165, 1.54) is 32.1 Å². The van der Waals surface area contributed by atoms with Crippen molar-refractivity contribution in [2.75, 3.05) is 6.61 Å². The number of hydrogen-bond donors (Lipinski definition) is 0. The van der Waals surface area contributed by atoms with Gasteiger partial charge in [0.1, 0.15) is 0 Å². The molecule has 0 aromatic rings. The average Bonchev–Trinajstić information content (AvgIpc) is 2.60. The fourth-order valence-electron chi connectivity index (χ4n) is 2.94. The quantitative estimate of drug-likeness (QED) is 0.558. The van der Waals surface area contributed by atoms with Crippen LogP contribution < -0.4 is 0 Å². The summed E-state index contributed by atoms with van der Waals surface area (Å²) in [6.07, 6.45) is 6.62. The second-order valence-corrected chi connectivity index (χ2v) is 5.94. The summed E-state index contributed by atoms with van der Waals surface area (Å²) in [7, 11) is 0. The third-order valence-electron chi connectivity index (χ3n) is 3.98. The molecule has 0 bridgehead atoms. The van der Waals surface area contributed by atoms with E-state index in [0.29, 0.717) is 11.0 Å². The normalized spacial score (nSPS) is 40.4. The van der Waals surface area contributed by atoms with E-state index in [2.05, 4.69) is 20.8 Å². The highest BCUT2D eigenvalue weighted by Gasteiger charge is 2.45. The Bertz CT molecular complexity index is 184. The summed E-state index contributed by atoms with van der Waals surface area (Å²) >= 11 is 0. The Balaban J connectivity index is 2.01. The van der Waals surface area contributed by atoms with Crippen molar-refractivity contribution in [3.8, 4) is 0 Å². The van der Waals surface area contributed by atoms with Crippen LogP contribution in [-0.4, -0.2) is 12.2 Å². The molecule has 13 heavy (non-hydrogen) atoms. The van der Waals surface area contributed by atoms with Gasteiger partial charge in [0.05, 0.1) is 5.60 Å². The molecule has 1 spiro atoms. The van der Waals surface area contributed by atoms with Crippen LogP contribution in [0.4, 0.5) is 0 Å². The minimum Gasteiger partial charge on any atom is -0.375 e. The van der Waals surface area contributed by atoms with Crippen molar-refractivity contribution in [3.63, 3.8) is 0 Å². The zero-order chi connectivity index (χ0) is 9.53. The van der Waals surface area contributed by atoms with Crippen molar-refractivity contribution >= 4 is 0 Å². The molecule has 1 saturated carbocycles. The van der Waals surface area contributed by atoms with Crippen LogP contribution in [-0.2, 0) is 4.74 Å². The summed E-state index contributed by atoms with van der Waals surface area (Å²) in [6, 6.07) is 0. The highest BCUT2D eigenvalue weighted by molar-refractivity contribution is 4.96. The molecule has 2 fully saturated rings. The number of rotatable bonds is 0. The van der Waals surface area contributed by atoms with E-state index in [4.69, 9.17) is 4.74 Å². The van der Waals surface area contributed by atoms with Crippen LogP contribution >= 0.6 is 0 Å². The molecule has 0 unspecified atom stereocenters. The zero-order valence-corrected chi connectivity index (χ0v) is 9.23. The number of hydrogen-bond acceptors (Lipinski definition) is 1. The van der Waals surface area contributed by atoms with Crippen LogP contribution in [0.3, 0.4) is 0 Å². The second kappa shape index (κ2) is 2.98. The maximum Gasteiger partial charge on any atom is 0.0686 e. The van der Waals surface area contributed by atoms with E-state index in [9.17, 15) is 0 Å². The summed E-state index contributed by atoms with van der Waals surface area (Å²) in [6.45, 7) is 8.11. The maximum atomic E-state index is 5.93. The fourth-order valence-corrected chi connectivity index (χ4v) is 2.94. The standard InChI is InChI=1S/C12H22O/c1-11(2,3)10-5-7-12(9-10)6-4-8-13-12/h10H,4-9H2,1-3H3/t10-,12+/m1/s1. The maximum absolute atomic E-state index is 5.93. The monoisotopic (exact) mass is 182 g/mol. The van der Waals surface area contributed by atoms with E-state index >= 15 is 0 Å². The molecule has 1 heterocycles. The zero-order valence-electron chi connectivity index (χ0n) is 9.23. The summed E-state index contributed by atoms with van der Waals surface area (Å²) in [5.41, 5.74) is 0.799. The Hall–Kier alpha value is -0.0400. The Kier molecular flexibility index (Phi) is 2.18. The van der Waals surface area contributed by atoms with Crippen LogP contribution in [0.5, 0.6) is 0 Å². The highest BCUT2D eigenvalue weighted by atomic mass is 16.5. The van der Waals surface area contributed by atoms with Gasteiger partial charge in [-0.05, 0) is 43.4 Å². The third kappa shape index (κ3) is 1.76. The minimum atomic E-state index is 0.317. The molecule has 1 aliphatic heterocycles. The van der Waals surface area contributed by atoms with Gasteiger partial charge in [0, 0.05) is 6.61 Å². The topological polar surface area (TPSA) is 9.23 Å². The third-order valence-corrected chi connectivity index (χ3v) is 3.98. The summed E-state index contributed by atoms with van der Waals surface area (Å²) in [4.78, 5) is 0. The van der Waals surface area contributed by atoms with Gasteiger partial charge in [-0.15, -0.1) is 0 Å². The van der Waals surface area contributed by atoms with Gasteiger partial charge in [0.25, 0.3) is 0 Å². The Labute approximate surface area is 81.9 Å². The molecule has 2 aliphatic rings. The van der Waals surface area contributed by atoms with Gasteiger partial charge in [0.15, 0.2) is 0 Å². The van der Waals surface area contributed by atoms with Gasteiger partial charge >= 0.3 is 0 Å². The first-order valence-electron chi connectivity index (χ1n) is 5.66. The molecule has 1 nitrogen and oxygen atoms in total. The predicted molar refractivity (Wildman–Crippen MR) is 54.7 cm³/mol. The van der Waals surface area contributed by atoms with E-state index < -0.39 is 0 Å². The molecule has 0 aromatic heterocycles. The lowest BCUT2D eigenvalue weighted by molar-refractivity contribution is 0.00239. The molecule has 0 amide bonds. The van der Waals surface area contributed by atoms with E-state index in [1.54, 1.807) is 0 Å². The Morgan fingerprint density at radius 3 is 2.46 bits per heavy atom. The predicted octanol–water partition coefficient (Wildman–Crippen LogP) is 3.38. The molecular formula is C12H22O. The first-order valence-corrected chi connectivity index (χ1v) is 5.66. The lowest BCUT2D eigenvalue weighted by Crippen LogP contribution is -2.26. The lowest BCUT2D eigenvalue weighted by Gasteiger charge is -2.29. The van der Waals surface area contributed by atoms with Crippen LogP contribution in [0.1, 0.15) is 52.9 Å². The van der Waals surface area contributed by atoms with Crippen molar-refractivity contribution in [1.29, 1.82) is 0 Å². The van der Waals surface area contributed by atoms with Gasteiger partial charge in [-0.1, -0.05) is 20.8 Å². The van der Waals surface area contributed by atoms with Crippen LogP contribution in [0, 0.1) is 11.3 Å². The van der Waals surface area contributed by atoms with Crippen LogP contribution in [0.2, 0.25) is 0 Å². The molecule has 0 aromatic carbocycles. The fraction of sp³-hybridized carbons (Fsp3) is 1.00. The molecule has 76 valence electrons. The van der Waals surface area contributed by atoms with Gasteiger partial charge in [-0.2, -0.15) is 0 Å². The van der Waals surface area contributed by atoms with Crippen molar-refractivity contribution in [2.45, 2.75) is 58.5 Å². The highest BCUT2D eigenvalue weighted by Crippen LogP contribution is 2.49. The summed E-state index contributed by atoms with van der Waals surface area (Å²) < 4.78 is 5.93. The van der Waals surface area contributed by atoms with Gasteiger partial charge in [-0.25, -0.2) is 0 Å². The molecular weight excluding hydrogens is 160 g/mol. The SMILES string of the molecule is CC(C)(C)[C@@H]1CC[C@@]2(CCCO2)C1. The molecule has 2 rings (SSSR count). The summed E-state index contributed by atoms with van der Waals surface area (Å²) in [5.74, 6) is 0.880. The first-order chi connectivity index (χ1) is 6.02. The summed E-state index contributed by atoms with van der Waals surface area (Å²) in [5, 5.41) is 0. The lowest BCUT2D eigenvalue weighted by atomic mass is 9.79. The average molecular weight is 182 g/mol. The van der Waals surface area contributed by atoms with E-state index in [1.807, 2.05) is 0 Å². The molecule has 1 saturated heterocycles.